The molecular weight excluding hydrogens is 466 g/mol. The maximum absolute atomic E-state index is 12.7. The number of hydrogen-bond acceptors (Lipinski definition) is 3. The first-order chi connectivity index (χ1) is 13.4. The van der Waals surface area contributed by atoms with Crippen LogP contribution in [0.25, 0.3) is 0 Å². The fourth-order valence-electron chi connectivity index (χ4n) is 3.03. The smallest absolute Gasteiger partial charge is 0.317 e. The van der Waals surface area contributed by atoms with Gasteiger partial charge in [0.05, 0.1) is 4.90 Å². The first kappa shape index (κ1) is 21.1. The van der Waals surface area contributed by atoms with Crippen LogP contribution >= 0.6 is 27.5 Å². The summed E-state index contributed by atoms with van der Waals surface area (Å²) >= 11 is 9.26. The lowest BCUT2D eigenvalue weighted by molar-refractivity contribution is 0.172. The average Bonchev–Trinajstić information content (AvgIpc) is 2.68. The van der Waals surface area contributed by atoms with E-state index in [1.165, 1.54) is 4.31 Å². The van der Waals surface area contributed by atoms with E-state index < -0.39 is 10.0 Å². The normalized spacial score (nSPS) is 15.4. The minimum Gasteiger partial charge on any atom is -0.338 e. The van der Waals surface area contributed by atoms with Gasteiger partial charge in [-0.05, 0) is 42.3 Å². The highest BCUT2D eigenvalue weighted by molar-refractivity contribution is 9.10. The van der Waals surface area contributed by atoms with Crippen LogP contribution in [0.1, 0.15) is 5.56 Å². The largest absolute Gasteiger partial charge is 0.338 e. The van der Waals surface area contributed by atoms with Crippen molar-refractivity contribution in [2.75, 3.05) is 32.7 Å². The maximum Gasteiger partial charge on any atom is 0.317 e. The molecular formula is C19H21BrClN3O3S. The second-order valence-electron chi connectivity index (χ2n) is 6.46. The van der Waals surface area contributed by atoms with Gasteiger partial charge in [-0.15, -0.1) is 0 Å². The number of nitrogens with one attached hydrogen (secondary N) is 1. The Bertz CT molecular complexity index is 947. The highest BCUT2D eigenvalue weighted by Crippen LogP contribution is 2.21. The summed E-state index contributed by atoms with van der Waals surface area (Å²) in [6, 6.07) is 14.0. The van der Waals surface area contributed by atoms with Crippen LogP contribution < -0.4 is 5.32 Å². The lowest BCUT2D eigenvalue weighted by Gasteiger charge is -2.34. The Morgan fingerprint density at radius 1 is 1.07 bits per heavy atom. The molecule has 6 nitrogen and oxygen atoms in total. The van der Waals surface area contributed by atoms with Crippen molar-refractivity contribution >= 4 is 43.6 Å². The first-order valence-corrected chi connectivity index (χ1v) is 11.5. The number of rotatable bonds is 5. The summed E-state index contributed by atoms with van der Waals surface area (Å²) < 4.78 is 27.6. The Hall–Kier alpha value is -1.61. The van der Waals surface area contributed by atoms with Crippen LogP contribution in [0.2, 0.25) is 5.02 Å². The first-order valence-electron chi connectivity index (χ1n) is 8.89. The number of carbonyl (C=O) groups excluding carboxylic acids is 1. The van der Waals surface area contributed by atoms with Crippen molar-refractivity contribution in [2.24, 2.45) is 0 Å². The molecule has 1 heterocycles. The molecule has 150 valence electrons. The Balaban J connectivity index is 1.50. The van der Waals surface area contributed by atoms with E-state index in [4.69, 9.17) is 11.6 Å². The molecule has 0 spiro atoms. The number of piperazine rings is 1. The van der Waals surface area contributed by atoms with Crippen LogP contribution in [-0.4, -0.2) is 56.4 Å². The molecule has 0 saturated carbocycles. The number of urea groups is 1. The lowest BCUT2D eigenvalue weighted by Crippen LogP contribution is -2.53. The maximum atomic E-state index is 12.7. The molecule has 3 rings (SSSR count). The quantitative estimate of drug-likeness (QED) is 0.704. The molecule has 2 aromatic carbocycles. The second kappa shape index (κ2) is 9.26. The number of benzene rings is 2. The predicted molar refractivity (Wildman–Crippen MR) is 113 cm³/mol. The van der Waals surface area contributed by atoms with Gasteiger partial charge in [-0.1, -0.05) is 45.7 Å². The highest BCUT2D eigenvalue weighted by Gasteiger charge is 2.30. The van der Waals surface area contributed by atoms with Crippen molar-refractivity contribution in [3.8, 4) is 0 Å². The van der Waals surface area contributed by atoms with Crippen molar-refractivity contribution in [1.82, 2.24) is 14.5 Å². The van der Waals surface area contributed by atoms with Gasteiger partial charge in [0.25, 0.3) is 0 Å². The van der Waals surface area contributed by atoms with Gasteiger partial charge in [-0.2, -0.15) is 4.31 Å². The van der Waals surface area contributed by atoms with E-state index in [0.29, 0.717) is 35.6 Å². The Labute approximate surface area is 178 Å². The Morgan fingerprint density at radius 2 is 1.79 bits per heavy atom. The summed E-state index contributed by atoms with van der Waals surface area (Å²) in [7, 11) is -3.56. The zero-order valence-electron chi connectivity index (χ0n) is 15.1. The second-order valence-corrected chi connectivity index (χ2v) is 9.75. The number of sulfonamides is 1. The summed E-state index contributed by atoms with van der Waals surface area (Å²) in [4.78, 5) is 14.2. The summed E-state index contributed by atoms with van der Waals surface area (Å²) in [5.74, 6) is 0. The number of amides is 2. The van der Waals surface area contributed by atoms with E-state index in [2.05, 4.69) is 21.2 Å². The van der Waals surface area contributed by atoms with E-state index in [1.807, 2.05) is 24.3 Å². The fourth-order valence-corrected chi connectivity index (χ4v) is 5.26. The molecule has 1 aliphatic rings. The van der Waals surface area contributed by atoms with Gasteiger partial charge in [0.15, 0.2) is 0 Å². The molecule has 2 aromatic rings. The number of hydrogen-bond donors (Lipinski definition) is 1. The molecule has 2 amide bonds. The average molecular weight is 487 g/mol. The molecule has 28 heavy (non-hydrogen) atoms. The van der Waals surface area contributed by atoms with E-state index >= 15 is 0 Å². The van der Waals surface area contributed by atoms with Crippen molar-refractivity contribution in [2.45, 2.75) is 11.3 Å². The fraction of sp³-hybridized carbons (Fsp3) is 0.316. The molecule has 1 fully saturated rings. The van der Waals surface area contributed by atoms with Crippen molar-refractivity contribution < 1.29 is 13.2 Å². The highest BCUT2D eigenvalue weighted by atomic mass is 79.9. The molecule has 0 aromatic heterocycles. The van der Waals surface area contributed by atoms with Gasteiger partial charge in [-0.3, -0.25) is 0 Å². The van der Waals surface area contributed by atoms with Crippen LogP contribution in [-0.2, 0) is 16.4 Å². The summed E-state index contributed by atoms with van der Waals surface area (Å²) in [5, 5.41) is 3.56. The minimum absolute atomic E-state index is 0.179. The van der Waals surface area contributed by atoms with E-state index in [1.54, 1.807) is 29.2 Å². The topological polar surface area (TPSA) is 69.7 Å². The number of halogens is 2. The molecule has 1 N–H and O–H groups in total. The Kier molecular flexibility index (Phi) is 6.98. The summed E-state index contributed by atoms with van der Waals surface area (Å²) in [6.45, 7) is 1.76. The van der Waals surface area contributed by atoms with Crippen LogP contribution in [0.15, 0.2) is 57.9 Å². The zero-order chi connectivity index (χ0) is 20.1. The van der Waals surface area contributed by atoms with E-state index in [0.717, 1.165) is 5.56 Å². The van der Waals surface area contributed by atoms with Crippen LogP contribution in [0, 0.1) is 0 Å². The van der Waals surface area contributed by atoms with E-state index in [9.17, 15) is 13.2 Å². The SMILES string of the molecule is O=C(NCCc1cccc(Cl)c1)N1CCN(S(=O)(=O)c2cccc(Br)c2)CC1. The Morgan fingerprint density at radius 3 is 2.46 bits per heavy atom. The third-order valence-corrected chi connectivity index (χ3v) is 7.16. The molecule has 0 radical (unpaired) electrons. The van der Waals surface area contributed by atoms with Crippen LogP contribution in [0.5, 0.6) is 0 Å². The van der Waals surface area contributed by atoms with E-state index in [-0.39, 0.29) is 24.0 Å². The molecule has 0 atom stereocenters. The molecule has 0 aliphatic carbocycles. The van der Waals surface area contributed by atoms with Crippen LogP contribution in [0.4, 0.5) is 4.79 Å². The van der Waals surface area contributed by atoms with Gasteiger partial charge >= 0.3 is 6.03 Å². The van der Waals surface area contributed by atoms with Gasteiger partial charge in [0.1, 0.15) is 0 Å². The third-order valence-electron chi connectivity index (χ3n) is 4.54. The summed E-state index contributed by atoms with van der Waals surface area (Å²) in [6.07, 6.45) is 0.684. The van der Waals surface area contributed by atoms with Crippen LogP contribution in [0.3, 0.4) is 0 Å². The van der Waals surface area contributed by atoms with Gasteiger partial charge in [0.2, 0.25) is 10.0 Å². The van der Waals surface area contributed by atoms with Gasteiger partial charge < -0.3 is 10.2 Å². The molecule has 9 heteroatoms. The van der Waals surface area contributed by atoms with Crippen molar-refractivity contribution in [3.63, 3.8) is 0 Å². The van der Waals surface area contributed by atoms with Crippen molar-refractivity contribution in [1.29, 1.82) is 0 Å². The van der Waals surface area contributed by atoms with Crippen molar-refractivity contribution in [3.05, 3.63) is 63.6 Å². The number of carbonyl (C=O) groups is 1. The molecule has 1 saturated heterocycles. The molecule has 0 unspecified atom stereocenters. The molecule has 0 bridgehead atoms. The monoisotopic (exact) mass is 485 g/mol. The standard InChI is InChI=1S/C19H21BrClN3O3S/c20-16-4-2-6-18(14-16)28(26,27)24-11-9-23(10-12-24)19(25)22-8-7-15-3-1-5-17(21)13-15/h1-6,13-14H,7-12H2,(H,22,25). The minimum atomic E-state index is -3.56. The zero-order valence-corrected chi connectivity index (χ0v) is 18.3. The third kappa shape index (κ3) is 5.26. The lowest BCUT2D eigenvalue weighted by atomic mass is 10.1. The molecule has 1 aliphatic heterocycles. The van der Waals surface area contributed by atoms with Gasteiger partial charge in [0, 0.05) is 42.2 Å². The number of nitrogens with zero attached hydrogens (tertiary/aromatic N) is 2. The predicted octanol–water partition coefficient (Wildman–Crippen LogP) is 3.36. The van der Waals surface area contributed by atoms with Gasteiger partial charge in [-0.25, -0.2) is 13.2 Å². The summed E-state index contributed by atoms with van der Waals surface area (Å²) in [5.41, 5.74) is 1.05.